The molecule has 19 heavy (non-hydrogen) atoms. The fourth-order valence-corrected chi connectivity index (χ4v) is 3.04. The van der Waals surface area contributed by atoms with Crippen molar-refractivity contribution in [2.24, 2.45) is 0 Å². The van der Waals surface area contributed by atoms with Crippen LogP contribution < -0.4 is 0 Å². The Hall–Kier alpha value is -2.28. The van der Waals surface area contributed by atoms with Crippen LogP contribution in [0.25, 0.3) is 0 Å². The summed E-state index contributed by atoms with van der Waals surface area (Å²) in [6, 6.07) is 7.61. The maximum Gasteiger partial charge on any atom is 0.509 e. The molecule has 0 aromatic heterocycles. The van der Waals surface area contributed by atoms with Gasteiger partial charge < -0.3 is 9.47 Å². The van der Waals surface area contributed by atoms with E-state index in [1.54, 1.807) is 12.1 Å². The average Bonchev–Trinajstić information content (AvgIpc) is 2.74. The van der Waals surface area contributed by atoms with Crippen molar-refractivity contribution in [3.63, 3.8) is 0 Å². The standard InChI is InChI=1S/C15H13NO3/c1-2-7-15-12-5-3-10(9-16)8-11(12)4-6-13(15)18-14(17)19-15/h2-3,5,8,13H,1,4,6-7H2/t13-,15+/m1/s1. The van der Waals surface area contributed by atoms with Crippen LogP contribution in [0.15, 0.2) is 30.9 Å². The van der Waals surface area contributed by atoms with Crippen LogP contribution >= 0.6 is 0 Å². The summed E-state index contributed by atoms with van der Waals surface area (Å²) in [7, 11) is 0. The number of rotatable bonds is 2. The Labute approximate surface area is 111 Å². The van der Waals surface area contributed by atoms with E-state index in [2.05, 4.69) is 12.6 Å². The molecule has 3 rings (SSSR count). The summed E-state index contributed by atoms with van der Waals surface area (Å²) < 4.78 is 10.7. The second-order valence-electron chi connectivity index (χ2n) is 4.86. The lowest BCUT2D eigenvalue weighted by Crippen LogP contribution is -2.41. The molecule has 1 fully saturated rings. The largest absolute Gasteiger partial charge is 0.509 e. The third kappa shape index (κ3) is 1.62. The van der Waals surface area contributed by atoms with Gasteiger partial charge in [-0.3, -0.25) is 0 Å². The van der Waals surface area contributed by atoms with Gasteiger partial charge in [0, 0.05) is 12.0 Å². The molecule has 1 aromatic rings. The minimum atomic E-state index is -0.763. The molecular formula is C15H13NO3. The molecule has 96 valence electrons. The molecule has 1 aliphatic carbocycles. The second-order valence-corrected chi connectivity index (χ2v) is 4.86. The van der Waals surface area contributed by atoms with Gasteiger partial charge in [0.05, 0.1) is 11.6 Å². The normalized spacial score (nSPS) is 27.5. The van der Waals surface area contributed by atoms with Crippen LogP contribution in [-0.2, 0) is 21.5 Å². The summed E-state index contributed by atoms with van der Waals surface area (Å²) in [4.78, 5) is 11.5. The molecule has 1 saturated heterocycles. The van der Waals surface area contributed by atoms with Crippen molar-refractivity contribution in [2.45, 2.75) is 31.0 Å². The number of carbonyl (C=O) groups excluding carboxylic acids is 1. The molecule has 0 saturated carbocycles. The highest BCUT2D eigenvalue weighted by atomic mass is 16.8. The first-order chi connectivity index (χ1) is 9.19. The van der Waals surface area contributed by atoms with Crippen molar-refractivity contribution in [3.8, 4) is 6.07 Å². The Morgan fingerprint density at radius 1 is 1.58 bits per heavy atom. The molecule has 0 bridgehead atoms. The minimum absolute atomic E-state index is 0.265. The fourth-order valence-electron chi connectivity index (χ4n) is 3.04. The van der Waals surface area contributed by atoms with Gasteiger partial charge in [-0.2, -0.15) is 5.26 Å². The lowest BCUT2D eigenvalue weighted by atomic mass is 9.75. The van der Waals surface area contributed by atoms with Crippen molar-refractivity contribution in [3.05, 3.63) is 47.5 Å². The molecular weight excluding hydrogens is 242 g/mol. The van der Waals surface area contributed by atoms with Gasteiger partial charge in [-0.25, -0.2) is 4.79 Å². The summed E-state index contributed by atoms with van der Waals surface area (Å²) >= 11 is 0. The monoisotopic (exact) mass is 255 g/mol. The van der Waals surface area contributed by atoms with Crippen molar-refractivity contribution in [2.75, 3.05) is 0 Å². The Balaban J connectivity index is 2.15. The maximum atomic E-state index is 11.5. The van der Waals surface area contributed by atoms with E-state index in [1.807, 2.05) is 12.1 Å². The van der Waals surface area contributed by atoms with Crippen LogP contribution in [-0.4, -0.2) is 12.3 Å². The van der Waals surface area contributed by atoms with Crippen LogP contribution in [0.1, 0.15) is 29.5 Å². The molecule has 1 aromatic carbocycles. The van der Waals surface area contributed by atoms with Crippen LogP contribution in [0, 0.1) is 11.3 Å². The highest BCUT2D eigenvalue weighted by Crippen LogP contribution is 2.47. The van der Waals surface area contributed by atoms with Crippen LogP contribution in [0.2, 0.25) is 0 Å². The van der Waals surface area contributed by atoms with E-state index in [0.29, 0.717) is 18.4 Å². The quantitative estimate of drug-likeness (QED) is 0.602. The highest BCUT2D eigenvalue weighted by molar-refractivity contribution is 5.65. The number of carbonyl (C=O) groups is 1. The molecule has 2 atom stereocenters. The highest BCUT2D eigenvalue weighted by Gasteiger charge is 2.54. The van der Waals surface area contributed by atoms with E-state index in [-0.39, 0.29) is 6.10 Å². The Morgan fingerprint density at radius 3 is 3.16 bits per heavy atom. The van der Waals surface area contributed by atoms with Gasteiger partial charge in [0.15, 0.2) is 11.7 Å². The smallest absolute Gasteiger partial charge is 0.426 e. The molecule has 2 aliphatic rings. The predicted octanol–water partition coefficient (Wildman–Crippen LogP) is 2.81. The number of hydrogen-bond donors (Lipinski definition) is 0. The van der Waals surface area contributed by atoms with Gasteiger partial charge in [-0.1, -0.05) is 12.1 Å². The summed E-state index contributed by atoms with van der Waals surface area (Å²) in [5.74, 6) is 0. The van der Waals surface area contributed by atoms with E-state index >= 15 is 0 Å². The first-order valence-electron chi connectivity index (χ1n) is 6.23. The van der Waals surface area contributed by atoms with Crippen molar-refractivity contribution in [1.82, 2.24) is 0 Å². The summed E-state index contributed by atoms with van der Waals surface area (Å²) in [6.45, 7) is 3.74. The molecule has 1 heterocycles. The minimum Gasteiger partial charge on any atom is -0.426 e. The SMILES string of the molecule is C=CC[C@@]12OC(=O)O[C@@H]1CCc1cc(C#N)ccc12. The topological polar surface area (TPSA) is 59.3 Å². The van der Waals surface area contributed by atoms with E-state index < -0.39 is 11.8 Å². The molecule has 0 spiro atoms. The van der Waals surface area contributed by atoms with Gasteiger partial charge in [0.25, 0.3) is 0 Å². The number of nitrogens with zero attached hydrogens (tertiary/aromatic N) is 1. The van der Waals surface area contributed by atoms with E-state index in [0.717, 1.165) is 17.5 Å². The van der Waals surface area contributed by atoms with Gasteiger partial charge in [0.1, 0.15) is 0 Å². The zero-order valence-electron chi connectivity index (χ0n) is 10.4. The van der Waals surface area contributed by atoms with Gasteiger partial charge in [0.2, 0.25) is 0 Å². The zero-order valence-corrected chi connectivity index (χ0v) is 10.4. The molecule has 4 nitrogen and oxygen atoms in total. The number of hydrogen-bond acceptors (Lipinski definition) is 4. The average molecular weight is 255 g/mol. The summed E-state index contributed by atoms with van der Waals surface area (Å²) in [6.07, 6.45) is 2.86. The zero-order chi connectivity index (χ0) is 13.5. The van der Waals surface area contributed by atoms with E-state index in [9.17, 15) is 4.79 Å². The first-order valence-corrected chi connectivity index (χ1v) is 6.23. The van der Waals surface area contributed by atoms with Crippen LogP contribution in [0.4, 0.5) is 4.79 Å². The number of aryl methyl sites for hydroxylation is 1. The van der Waals surface area contributed by atoms with Crippen molar-refractivity contribution in [1.29, 1.82) is 5.26 Å². The van der Waals surface area contributed by atoms with Crippen molar-refractivity contribution >= 4 is 6.16 Å². The van der Waals surface area contributed by atoms with E-state index in [4.69, 9.17) is 14.7 Å². The first kappa shape index (κ1) is 11.8. The fraction of sp³-hybridized carbons (Fsp3) is 0.333. The molecule has 4 heteroatoms. The predicted molar refractivity (Wildman–Crippen MR) is 67.3 cm³/mol. The lowest BCUT2D eigenvalue weighted by molar-refractivity contribution is 0.0162. The molecule has 1 aliphatic heterocycles. The Kier molecular flexibility index (Phi) is 2.56. The summed E-state index contributed by atoms with van der Waals surface area (Å²) in [5, 5.41) is 8.96. The van der Waals surface area contributed by atoms with E-state index in [1.165, 1.54) is 0 Å². The van der Waals surface area contributed by atoms with Gasteiger partial charge in [-0.05, 0) is 30.5 Å². The third-order valence-electron chi connectivity index (χ3n) is 3.84. The lowest BCUT2D eigenvalue weighted by Gasteiger charge is -2.36. The van der Waals surface area contributed by atoms with Gasteiger partial charge >= 0.3 is 6.16 Å². The van der Waals surface area contributed by atoms with Crippen LogP contribution in [0.5, 0.6) is 0 Å². The molecule has 0 amide bonds. The number of benzene rings is 1. The number of ether oxygens (including phenoxy) is 2. The Morgan fingerprint density at radius 2 is 2.42 bits per heavy atom. The van der Waals surface area contributed by atoms with Gasteiger partial charge in [-0.15, -0.1) is 6.58 Å². The van der Waals surface area contributed by atoms with Crippen molar-refractivity contribution < 1.29 is 14.3 Å². The molecule has 0 radical (unpaired) electrons. The molecule has 0 N–H and O–H groups in total. The maximum absolute atomic E-state index is 11.5. The summed E-state index contributed by atoms with van der Waals surface area (Å²) in [5.41, 5.74) is 1.85. The number of nitriles is 1. The molecule has 0 unspecified atom stereocenters. The second kappa shape index (κ2) is 4.13. The Bertz CT molecular complexity index is 602. The number of fused-ring (bicyclic) bond motifs is 3. The third-order valence-corrected chi connectivity index (χ3v) is 3.84. The van der Waals surface area contributed by atoms with Crippen LogP contribution in [0.3, 0.4) is 0 Å².